The number of halogens is 2. The first kappa shape index (κ1) is 27.7. The lowest BCUT2D eigenvalue weighted by Gasteiger charge is -2.07. The molecule has 0 aliphatic heterocycles. The Morgan fingerprint density at radius 2 is 0.932 bits per heavy atom. The minimum absolute atomic E-state index is 0.0840. The first-order valence-corrected chi connectivity index (χ1v) is 14.8. The molecule has 1 aliphatic rings. The van der Waals surface area contributed by atoms with Crippen molar-refractivity contribution in [3.63, 3.8) is 0 Å². The number of hydrogen-bond donors (Lipinski definition) is 0. The topological polar surface area (TPSA) is 78.5 Å². The Kier molecular flexibility index (Phi) is 7.48. The van der Waals surface area contributed by atoms with Crippen molar-refractivity contribution in [2.24, 2.45) is 0 Å². The van der Waals surface area contributed by atoms with E-state index in [1.165, 1.54) is 0 Å². The van der Waals surface area contributed by atoms with E-state index in [1.54, 1.807) is 21.8 Å². The Hall–Kier alpha value is -5.11. The average molecular weight is 616 g/mol. The quantitative estimate of drug-likeness (QED) is 0.176. The molecule has 2 heterocycles. The molecule has 0 amide bonds. The van der Waals surface area contributed by atoms with Crippen LogP contribution in [-0.2, 0) is 4.79 Å². The van der Waals surface area contributed by atoms with Crippen LogP contribution in [0.3, 0.4) is 0 Å². The van der Waals surface area contributed by atoms with Crippen molar-refractivity contribution in [1.29, 1.82) is 0 Å². The number of carbonyl (C=O) groups excluding carboxylic acids is 1. The largest absolute Gasteiger partial charge is 0.289 e. The number of benzene rings is 4. The van der Waals surface area contributed by atoms with Crippen molar-refractivity contribution in [2.45, 2.75) is 12.8 Å². The molecule has 6 aromatic rings. The van der Waals surface area contributed by atoms with Gasteiger partial charge in [0.15, 0.2) is 5.78 Å². The van der Waals surface area contributed by atoms with Crippen molar-refractivity contribution >= 4 is 41.1 Å². The van der Waals surface area contributed by atoms with Crippen molar-refractivity contribution in [1.82, 2.24) is 30.0 Å². The summed E-state index contributed by atoms with van der Waals surface area (Å²) in [6, 6.07) is 31.0. The molecule has 0 unspecified atom stereocenters. The normalized spacial score (nSPS) is 15.0. The van der Waals surface area contributed by atoms with E-state index in [1.807, 2.05) is 109 Å². The van der Waals surface area contributed by atoms with Gasteiger partial charge in [-0.3, -0.25) is 4.79 Å². The summed E-state index contributed by atoms with van der Waals surface area (Å²) in [6.07, 6.45) is 8.81. The highest BCUT2D eigenvalue weighted by atomic mass is 35.5. The zero-order valence-electron chi connectivity index (χ0n) is 23.3. The fourth-order valence-corrected chi connectivity index (χ4v) is 5.54. The summed E-state index contributed by atoms with van der Waals surface area (Å²) in [6.45, 7) is 0. The van der Waals surface area contributed by atoms with Gasteiger partial charge in [-0.15, -0.1) is 10.2 Å². The summed E-state index contributed by atoms with van der Waals surface area (Å²) in [5.41, 5.74) is 8.95. The molecule has 9 heteroatoms. The molecule has 0 radical (unpaired) electrons. The lowest BCUT2D eigenvalue weighted by molar-refractivity contribution is -0.111. The van der Waals surface area contributed by atoms with Crippen LogP contribution in [0.4, 0.5) is 0 Å². The third-order valence-corrected chi connectivity index (χ3v) is 8.09. The molecule has 0 bridgehead atoms. The van der Waals surface area contributed by atoms with Gasteiger partial charge < -0.3 is 0 Å². The predicted octanol–water partition coefficient (Wildman–Crippen LogP) is 8.32. The second-order valence-corrected chi connectivity index (χ2v) is 11.3. The summed E-state index contributed by atoms with van der Waals surface area (Å²) in [4.78, 5) is 13.3. The van der Waals surface area contributed by atoms with Crippen molar-refractivity contribution in [3.8, 4) is 33.9 Å². The minimum atomic E-state index is 0.0840. The smallest absolute Gasteiger partial charge is 0.185 e. The van der Waals surface area contributed by atoms with Gasteiger partial charge in [-0.05, 0) is 84.7 Å². The summed E-state index contributed by atoms with van der Waals surface area (Å²) >= 11 is 12.1. The molecule has 2 aromatic heterocycles. The lowest BCUT2D eigenvalue weighted by Crippen LogP contribution is -2.00. The van der Waals surface area contributed by atoms with Gasteiger partial charge in [0.25, 0.3) is 0 Å². The van der Waals surface area contributed by atoms with Crippen LogP contribution in [0.5, 0.6) is 0 Å². The van der Waals surface area contributed by atoms with E-state index < -0.39 is 0 Å². The monoisotopic (exact) mass is 614 g/mol. The Morgan fingerprint density at radius 1 is 0.545 bits per heavy atom. The van der Waals surface area contributed by atoms with Crippen LogP contribution in [0, 0.1) is 0 Å². The zero-order valence-corrected chi connectivity index (χ0v) is 24.8. The molecule has 4 aromatic carbocycles. The first-order valence-electron chi connectivity index (χ1n) is 14.0. The Labute approximate surface area is 263 Å². The molecular weight excluding hydrogens is 591 g/mol. The van der Waals surface area contributed by atoms with Crippen LogP contribution in [-0.4, -0.2) is 35.8 Å². The summed E-state index contributed by atoms with van der Waals surface area (Å²) in [5, 5.41) is 18.1. The lowest BCUT2D eigenvalue weighted by atomic mass is 10.1. The van der Waals surface area contributed by atoms with Crippen LogP contribution in [0.25, 0.3) is 46.0 Å². The SMILES string of the molecule is O=C1/C(=C\c2ccc(-n3nncc3-c3ccc(Cl)cc3)cc2)CC/C1=C/c1ccc(-n2nncc2-c2ccc(Cl)cc2)cc1. The zero-order chi connectivity index (χ0) is 30.0. The van der Waals surface area contributed by atoms with E-state index in [0.29, 0.717) is 22.9 Å². The number of allylic oxidation sites excluding steroid dienone is 2. The average Bonchev–Trinajstić information content (AvgIpc) is 3.81. The Bertz CT molecular complexity index is 1870. The van der Waals surface area contributed by atoms with Gasteiger partial charge in [-0.25, -0.2) is 9.36 Å². The number of aromatic nitrogens is 6. The molecule has 44 heavy (non-hydrogen) atoms. The van der Waals surface area contributed by atoms with Crippen molar-refractivity contribution in [3.05, 3.63) is 142 Å². The molecule has 0 atom stereocenters. The molecule has 0 N–H and O–H groups in total. The number of ketones is 1. The van der Waals surface area contributed by atoms with Crippen molar-refractivity contribution < 1.29 is 4.79 Å². The molecule has 214 valence electrons. The van der Waals surface area contributed by atoms with Crippen LogP contribution in [0.15, 0.2) is 121 Å². The number of rotatable bonds is 6. The summed E-state index contributed by atoms with van der Waals surface area (Å²) in [5.74, 6) is 0.0840. The minimum Gasteiger partial charge on any atom is -0.289 e. The van der Waals surface area contributed by atoms with Gasteiger partial charge in [0, 0.05) is 32.3 Å². The van der Waals surface area contributed by atoms with Crippen LogP contribution >= 0.6 is 23.2 Å². The van der Waals surface area contributed by atoms with Crippen molar-refractivity contribution in [2.75, 3.05) is 0 Å². The molecule has 1 saturated carbocycles. The number of hydrogen-bond acceptors (Lipinski definition) is 5. The summed E-state index contributed by atoms with van der Waals surface area (Å²) < 4.78 is 3.57. The molecule has 7 nitrogen and oxygen atoms in total. The van der Waals surface area contributed by atoms with E-state index in [-0.39, 0.29) is 5.78 Å². The number of Topliss-reactive ketones (excluding diaryl/α,β-unsaturated/α-hetero) is 1. The van der Waals surface area contributed by atoms with Gasteiger partial charge in [-0.2, -0.15) is 0 Å². The predicted molar refractivity (Wildman–Crippen MR) is 174 cm³/mol. The molecular formula is C35H24Cl2N6O. The fourth-order valence-electron chi connectivity index (χ4n) is 5.29. The maximum Gasteiger partial charge on any atom is 0.185 e. The highest BCUT2D eigenvalue weighted by molar-refractivity contribution is 6.31. The first-order chi connectivity index (χ1) is 21.5. The van der Waals surface area contributed by atoms with Gasteiger partial charge in [0.05, 0.1) is 35.2 Å². The molecule has 1 fully saturated rings. The molecule has 0 spiro atoms. The highest BCUT2D eigenvalue weighted by Crippen LogP contribution is 2.31. The molecule has 1 aliphatic carbocycles. The Balaban J connectivity index is 1.06. The summed E-state index contributed by atoms with van der Waals surface area (Å²) in [7, 11) is 0. The third kappa shape index (κ3) is 5.63. The van der Waals surface area contributed by atoms with Gasteiger partial charge in [0.1, 0.15) is 0 Å². The fraction of sp³-hybridized carbons (Fsp3) is 0.0571. The molecule has 0 saturated heterocycles. The maximum atomic E-state index is 13.3. The van der Waals surface area contributed by atoms with E-state index in [9.17, 15) is 4.79 Å². The van der Waals surface area contributed by atoms with Gasteiger partial charge >= 0.3 is 0 Å². The standard InChI is InChI=1S/C35H24Cl2N6O/c36-29-11-7-25(8-12-29)33-21-38-40-42(33)31-15-1-23(2-16-31)19-27-5-6-28(35(27)44)20-24-3-17-32(18-4-24)43-34(22-39-41-43)26-9-13-30(37)14-10-26/h1-4,7-22H,5-6H2/b27-19-,28-20-. The number of carbonyl (C=O) groups is 1. The van der Waals surface area contributed by atoms with Gasteiger partial charge in [0.2, 0.25) is 0 Å². The second kappa shape index (κ2) is 11.9. The van der Waals surface area contributed by atoms with Gasteiger partial charge in [-0.1, -0.05) is 82.2 Å². The third-order valence-electron chi connectivity index (χ3n) is 7.58. The van der Waals surface area contributed by atoms with E-state index in [4.69, 9.17) is 23.2 Å². The highest BCUT2D eigenvalue weighted by Gasteiger charge is 2.23. The van der Waals surface area contributed by atoms with Crippen LogP contribution < -0.4 is 0 Å². The van der Waals surface area contributed by atoms with E-state index in [2.05, 4.69) is 20.6 Å². The number of nitrogens with zero attached hydrogens (tertiary/aromatic N) is 6. The van der Waals surface area contributed by atoms with Crippen LogP contribution in [0.1, 0.15) is 24.0 Å². The Morgan fingerprint density at radius 3 is 1.32 bits per heavy atom. The molecule has 7 rings (SSSR count). The maximum absolute atomic E-state index is 13.3. The second-order valence-electron chi connectivity index (χ2n) is 10.4. The van der Waals surface area contributed by atoms with Crippen LogP contribution in [0.2, 0.25) is 10.0 Å². The van der Waals surface area contributed by atoms with E-state index in [0.717, 1.165) is 56.2 Å². The van der Waals surface area contributed by atoms with E-state index >= 15 is 0 Å².